The zero-order valence-electron chi connectivity index (χ0n) is 17.6. The molecular weight excluding hydrogens is 411 g/mol. The Hall–Kier alpha value is -2.36. The van der Waals surface area contributed by atoms with E-state index in [0.29, 0.717) is 17.1 Å². The molecule has 7 nitrogen and oxygen atoms in total. The van der Waals surface area contributed by atoms with E-state index in [2.05, 4.69) is 5.10 Å². The first kappa shape index (κ1) is 21.9. The van der Waals surface area contributed by atoms with Gasteiger partial charge < -0.3 is 15.0 Å². The van der Waals surface area contributed by atoms with Gasteiger partial charge in [-0.2, -0.15) is 18.3 Å². The number of ether oxygens (including phenoxy) is 1. The van der Waals surface area contributed by atoms with Crippen LogP contribution in [0.15, 0.2) is 18.5 Å². The van der Waals surface area contributed by atoms with Crippen LogP contribution >= 0.6 is 0 Å². The standard InChI is InChI=1S/C21H28F3N5O2/c1-31-13-17(28-12-18(21(22,23)24)27-20(28)30)15-9-19-26-16(11-29(19)25-10-15)8-14-6-4-2-3-5-7-14/h9-11,14,17-18H,2-8,12-13H2,1H3,(H,27,30)/t17-,18+/m1/s1. The molecule has 10 heteroatoms. The summed E-state index contributed by atoms with van der Waals surface area (Å²) in [6.45, 7) is -0.408. The van der Waals surface area contributed by atoms with E-state index in [0.717, 1.165) is 17.0 Å². The number of halogens is 3. The Kier molecular flexibility index (Phi) is 6.36. The Morgan fingerprint density at radius 3 is 2.65 bits per heavy atom. The molecule has 1 aliphatic carbocycles. The van der Waals surface area contributed by atoms with Crippen LogP contribution in [0.5, 0.6) is 0 Å². The number of nitrogens with zero attached hydrogens (tertiary/aromatic N) is 4. The second-order valence-corrected chi connectivity index (χ2v) is 8.55. The lowest BCUT2D eigenvalue weighted by atomic mass is 9.95. The van der Waals surface area contributed by atoms with Gasteiger partial charge in [-0.3, -0.25) is 0 Å². The van der Waals surface area contributed by atoms with Crippen LogP contribution in [0.1, 0.15) is 55.8 Å². The first-order chi connectivity index (χ1) is 14.8. The van der Waals surface area contributed by atoms with E-state index in [-0.39, 0.29) is 6.61 Å². The minimum absolute atomic E-state index is 0.0610. The number of carbonyl (C=O) groups is 1. The fourth-order valence-electron chi connectivity index (χ4n) is 4.62. The van der Waals surface area contributed by atoms with Gasteiger partial charge in [0.15, 0.2) is 5.65 Å². The molecule has 2 aromatic heterocycles. The van der Waals surface area contributed by atoms with Crippen molar-refractivity contribution < 1.29 is 22.7 Å². The topological polar surface area (TPSA) is 71.8 Å². The van der Waals surface area contributed by atoms with E-state index in [1.807, 2.05) is 11.5 Å². The number of urea groups is 1. The van der Waals surface area contributed by atoms with Gasteiger partial charge in [0.2, 0.25) is 0 Å². The largest absolute Gasteiger partial charge is 0.410 e. The van der Waals surface area contributed by atoms with Crippen LogP contribution in [-0.4, -0.2) is 58.0 Å². The highest BCUT2D eigenvalue weighted by Crippen LogP contribution is 2.31. The Morgan fingerprint density at radius 1 is 1.26 bits per heavy atom. The Labute approximate surface area is 179 Å². The second kappa shape index (κ2) is 9.02. The first-order valence-electron chi connectivity index (χ1n) is 10.8. The van der Waals surface area contributed by atoms with Crippen molar-refractivity contribution in [1.29, 1.82) is 0 Å². The molecule has 0 unspecified atom stereocenters. The summed E-state index contributed by atoms with van der Waals surface area (Å²) >= 11 is 0. The molecule has 1 N–H and O–H groups in total. The van der Waals surface area contributed by atoms with E-state index in [1.54, 1.807) is 16.8 Å². The summed E-state index contributed by atoms with van der Waals surface area (Å²) in [5.41, 5.74) is 2.18. The Balaban J connectivity index is 1.54. The van der Waals surface area contributed by atoms with Crippen LogP contribution in [-0.2, 0) is 11.2 Å². The quantitative estimate of drug-likeness (QED) is 0.694. The average Bonchev–Trinajstić information content (AvgIpc) is 3.20. The molecule has 1 saturated heterocycles. The molecule has 0 radical (unpaired) electrons. The van der Waals surface area contributed by atoms with Crippen molar-refractivity contribution in [3.63, 3.8) is 0 Å². The molecule has 170 valence electrons. The highest BCUT2D eigenvalue weighted by atomic mass is 19.4. The average molecular weight is 439 g/mol. The third kappa shape index (κ3) is 4.94. The molecule has 4 rings (SSSR count). The number of amides is 2. The Morgan fingerprint density at radius 2 is 2.00 bits per heavy atom. The predicted octanol–water partition coefficient (Wildman–Crippen LogP) is 3.89. The molecular formula is C21H28F3N5O2. The third-order valence-corrected chi connectivity index (χ3v) is 6.28. The summed E-state index contributed by atoms with van der Waals surface area (Å²) in [6, 6.07) is -1.56. The molecule has 2 aromatic rings. The van der Waals surface area contributed by atoms with Crippen molar-refractivity contribution in [2.24, 2.45) is 5.92 Å². The summed E-state index contributed by atoms with van der Waals surface area (Å²) in [5.74, 6) is 0.626. The zero-order valence-corrected chi connectivity index (χ0v) is 17.6. The van der Waals surface area contributed by atoms with E-state index in [4.69, 9.17) is 9.72 Å². The molecule has 0 bridgehead atoms. The lowest BCUT2D eigenvalue weighted by molar-refractivity contribution is -0.150. The number of nitrogens with one attached hydrogen (secondary N) is 1. The maximum atomic E-state index is 13.1. The van der Waals surface area contributed by atoms with Crippen LogP contribution in [0, 0.1) is 5.92 Å². The molecule has 2 aliphatic rings. The summed E-state index contributed by atoms with van der Waals surface area (Å²) < 4.78 is 46.2. The van der Waals surface area contributed by atoms with Gasteiger partial charge in [-0.05, 0) is 18.4 Å². The van der Waals surface area contributed by atoms with Gasteiger partial charge in [-0.25, -0.2) is 14.3 Å². The predicted molar refractivity (Wildman–Crippen MR) is 108 cm³/mol. The van der Waals surface area contributed by atoms with Gasteiger partial charge >= 0.3 is 12.2 Å². The van der Waals surface area contributed by atoms with Gasteiger partial charge in [0.1, 0.15) is 6.04 Å². The van der Waals surface area contributed by atoms with Crippen LogP contribution in [0.25, 0.3) is 5.65 Å². The number of methoxy groups -OCH3 is 1. The highest BCUT2D eigenvalue weighted by Gasteiger charge is 2.48. The third-order valence-electron chi connectivity index (χ3n) is 6.28. The van der Waals surface area contributed by atoms with Gasteiger partial charge in [-0.1, -0.05) is 38.5 Å². The molecule has 1 saturated carbocycles. The number of imidazole rings is 1. The van der Waals surface area contributed by atoms with Crippen molar-refractivity contribution in [3.05, 3.63) is 29.7 Å². The number of rotatable bonds is 6. The lowest BCUT2D eigenvalue weighted by Gasteiger charge is -2.26. The fourth-order valence-corrected chi connectivity index (χ4v) is 4.62. The summed E-state index contributed by atoms with van der Waals surface area (Å²) in [4.78, 5) is 18.1. The highest BCUT2D eigenvalue weighted by molar-refractivity contribution is 5.77. The van der Waals surface area contributed by atoms with Crippen LogP contribution < -0.4 is 5.32 Å². The summed E-state index contributed by atoms with van der Waals surface area (Å²) in [5, 5.41) is 6.41. The van der Waals surface area contributed by atoms with Crippen molar-refractivity contribution in [1.82, 2.24) is 24.8 Å². The van der Waals surface area contributed by atoms with Crippen molar-refractivity contribution >= 4 is 11.7 Å². The number of hydrogen-bond acceptors (Lipinski definition) is 4. The molecule has 0 spiro atoms. The van der Waals surface area contributed by atoms with Gasteiger partial charge in [0.25, 0.3) is 0 Å². The number of carbonyl (C=O) groups excluding carboxylic acids is 1. The molecule has 0 aromatic carbocycles. The van der Waals surface area contributed by atoms with Crippen molar-refractivity contribution in [3.8, 4) is 0 Å². The van der Waals surface area contributed by atoms with E-state index < -0.39 is 30.8 Å². The monoisotopic (exact) mass is 439 g/mol. The normalized spacial score (nSPS) is 22.0. The molecule has 2 fully saturated rings. The molecule has 3 heterocycles. The van der Waals surface area contributed by atoms with E-state index in [1.165, 1.54) is 45.6 Å². The molecule has 2 amide bonds. The number of aromatic nitrogens is 3. The van der Waals surface area contributed by atoms with Crippen molar-refractivity contribution in [2.75, 3.05) is 20.3 Å². The minimum atomic E-state index is -4.50. The smallest absolute Gasteiger partial charge is 0.382 e. The van der Waals surface area contributed by atoms with Crippen molar-refractivity contribution in [2.45, 2.75) is 63.2 Å². The maximum Gasteiger partial charge on any atom is 0.410 e. The van der Waals surface area contributed by atoms with Gasteiger partial charge in [0, 0.05) is 12.7 Å². The van der Waals surface area contributed by atoms with E-state index in [9.17, 15) is 18.0 Å². The van der Waals surface area contributed by atoms with Crippen LogP contribution in [0.3, 0.4) is 0 Å². The number of hydrogen-bond donors (Lipinski definition) is 1. The van der Waals surface area contributed by atoms with Crippen LogP contribution in [0.4, 0.5) is 18.0 Å². The number of fused-ring (bicyclic) bond motifs is 1. The second-order valence-electron chi connectivity index (χ2n) is 8.55. The zero-order chi connectivity index (χ0) is 22.0. The summed E-state index contributed by atoms with van der Waals surface area (Å²) in [7, 11) is 1.45. The van der Waals surface area contributed by atoms with Gasteiger partial charge in [0.05, 0.1) is 37.3 Å². The SMILES string of the molecule is COC[C@H](c1cnn2cc(CC3CCCCCC3)nc2c1)N1C[C@@H](C(F)(F)F)NC1=O. The first-order valence-corrected chi connectivity index (χ1v) is 10.8. The molecule has 31 heavy (non-hydrogen) atoms. The van der Waals surface area contributed by atoms with Gasteiger partial charge in [-0.15, -0.1) is 0 Å². The fraction of sp³-hybridized carbons (Fsp3) is 0.667. The molecule has 2 atom stereocenters. The van der Waals surface area contributed by atoms with E-state index >= 15 is 0 Å². The molecule has 1 aliphatic heterocycles. The lowest BCUT2D eigenvalue weighted by Crippen LogP contribution is -2.40. The maximum absolute atomic E-state index is 13.1. The Bertz CT molecular complexity index is 908. The number of alkyl halides is 3. The van der Waals surface area contributed by atoms with Crippen LogP contribution in [0.2, 0.25) is 0 Å². The minimum Gasteiger partial charge on any atom is -0.382 e. The summed E-state index contributed by atoms with van der Waals surface area (Å²) in [6.07, 6.45) is 7.44.